The first kappa shape index (κ1) is 14.1. The van der Waals surface area contributed by atoms with Gasteiger partial charge in [-0.1, -0.05) is 19.1 Å². The molecule has 0 aromatic heterocycles. The van der Waals surface area contributed by atoms with Gasteiger partial charge in [0.25, 0.3) is 0 Å². The van der Waals surface area contributed by atoms with Gasteiger partial charge >= 0.3 is 0 Å². The molecular weight excluding hydrogens is 232 g/mol. The topological polar surface area (TPSA) is 41.1 Å². The number of carbonyl (C=O) groups excluding carboxylic acids is 1. The Kier molecular flexibility index (Phi) is 6.08. The van der Waals surface area contributed by atoms with Crippen LogP contribution in [0.3, 0.4) is 0 Å². The maximum Gasteiger partial charge on any atom is 0.237 e. The van der Waals surface area contributed by atoms with Crippen molar-refractivity contribution in [3.63, 3.8) is 0 Å². The molecule has 4 heteroatoms. The van der Waals surface area contributed by atoms with Crippen LogP contribution < -0.4 is 10.6 Å². The summed E-state index contributed by atoms with van der Waals surface area (Å²) in [5.74, 6) is 0.0538. The molecule has 1 aromatic carbocycles. The highest BCUT2D eigenvalue weighted by Crippen LogP contribution is 2.13. The second-order valence-corrected chi connectivity index (χ2v) is 5.03. The van der Waals surface area contributed by atoms with Gasteiger partial charge in [-0.25, -0.2) is 0 Å². The standard InChI is InChI=1S/C13H20N2OS/c1-4-14-9-11-6-5-7-12(8-11)15-13(16)10(2)17-3/h5-8,10,14H,4,9H2,1-3H3,(H,15,16). The zero-order chi connectivity index (χ0) is 12.7. The van der Waals surface area contributed by atoms with Gasteiger partial charge < -0.3 is 10.6 Å². The molecule has 0 spiro atoms. The molecule has 17 heavy (non-hydrogen) atoms. The lowest BCUT2D eigenvalue weighted by Gasteiger charge is -2.11. The van der Waals surface area contributed by atoms with Crippen molar-refractivity contribution >= 4 is 23.4 Å². The minimum atomic E-state index is -0.0209. The molecule has 0 aliphatic carbocycles. The number of thioether (sulfide) groups is 1. The molecule has 94 valence electrons. The fourth-order valence-electron chi connectivity index (χ4n) is 1.38. The Morgan fingerprint density at radius 3 is 2.88 bits per heavy atom. The molecule has 0 saturated carbocycles. The van der Waals surface area contributed by atoms with E-state index in [0.717, 1.165) is 18.8 Å². The average Bonchev–Trinajstić information content (AvgIpc) is 2.35. The average molecular weight is 252 g/mol. The number of rotatable bonds is 6. The van der Waals surface area contributed by atoms with E-state index >= 15 is 0 Å². The predicted octanol–water partition coefficient (Wildman–Crippen LogP) is 2.49. The second-order valence-electron chi connectivity index (χ2n) is 3.85. The largest absolute Gasteiger partial charge is 0.325 e. The molecule has 3 nitrogen and oxygen atoms in total. The number of nitrogens with one attached hydrogen (secondary N) is 2. The maximum absolute atomic E-state index is 11.7. The Balaban J connectivity index is 2.62. The van der Waals surface area contributed by atoms with Gasteiger partial charge in [-0.15, -0.1) is 0 Å². The van der Waals surface area contributed by atoms with Crippen LogP contribution in [0.25, 0.3) is 0 Å². The molecule has 0 aliphatic heterocycles. The van der Waals surface area contributed by atoms with Gasteiger partial charge in [-0.3, -0.25) is 4.79 Å². The summed E-state index contributed by atoms with van der Waals surface area (Å²) in [4.78, 5) is 11.7. The summed E-state index contributed by atoms with van der Waals surface area (Å²) < 4.78 is 0. The highest BCUT2D eigenvalue weighted by molar-refractivity contribution is 7.99. The second kappa shape index (κ2) is 7.35. The Labute approximate surface area is 107 Å². The number of anilines is 1. The molecule has 2 N–H and O–H groups in total. The third-order valence-electron chi connectivity index (χ3n) is 2.50. The van der Waals surface area contributed by atoms with E-state index in [2.05, 4.69) is 23.6 Å². The van der Waals surface area contributed by atoms with Crippen LogP contribution in [0.5, 0.6) is 0 Å². The van der Waals surface area contributed by atoms with Gasteiger partial charge in [0.1, 0.15) is 0 Å². The van der Waals surface area contributed by atoms with Crippen molar-refractivity contribution < 1.29 is 4.79 Å². The number of amides is 1. The maximum atomic E-state index is 11.7. The van der Waals surface area contributed by atoms with Gasteiger partial charge in [-0.05, 0) is 37.4 Å². The lowest BCUT2D eigenvalue weighted by molar-refractivity contribution is -0.115. The van der Waals surface area contributed by atoms with Gasteiger partial charge in [-0.2, -0.15) is 11.8 Å². The zero-order valence-electron chi connectivity index (χ0n) is 10.6. The van der Waals surface area contributed by atoms with Crippen molar-refractivity contribution in [2.24, 2.45) is 0 Å². The summed E-state index contributed by atoms with van der Waals surface area (Å²) in [7, 11) is 0. The molecule has 0 fully saturated rings. The number of hydrogen-bond donors (Lipinski definition) is 2. The van der Waals surface area contributed by atoms with Crippen LogP contribution in [0, 0.1) is 0 Å². The fourth-order valence-corrected chi connectivity index (χ4v) is 1.65. The highest BCUT2D eigenvalue weighted by atomic mass is 32.2. The van der Waals surface area contributed by atoms with Gasteiger partial charge in [0.15, 0.2) is 0 Å². The summed E-state index contributed by atoms with van der Waals surface area (Å²) in [5.41, 5.74) is 2.05. The summed E-state index contributed by atoms with van der Waals surface area (Å²) in [6, 6.07) is 7.94. The van der Waals surface area contributed by atoms with E-state index in [1.54, 1.807) is 11.8 Å². The summed E-state index contributed by atoms with van der Waals surface area (Å²) in [5, 5.41) is 6.16. The van der Waals surface area contributed by atoms with Crippen LogP contribution in [-0.2, 0) is 11.3 Å². The summed E-state index contributed by atoms with van der Waals surface area (Å²) in [6.45, 7) is 5.76. The van der Waals surface area contributed by atoms with Gasteiger partial charge in [0.2, 0.25) is 5.91 Å². The minimum absolute atomic E-state index is 0.0209. The van der Waals surface area contributed by atoms with Crippen molar-refractivity contribution in [2.75, 3.05) is 18.1 Å². The summed E-state index contributed by atoms with van der Waals surface area (Å²) in [6.07, 6.45) is 1.94. The molecule has 1 rings (SSSR count). The smallest absolute Gasteiger partial charge is 0.237 e. The Morgan fingerprint density at radius 1 is 1.47 bits per heavy atom. The van der Waals surface area contributed by atoms with Crippen molar-refractivity contribution in [1.82, 2.24) is 5.32 Å². The minimum Gasteiger partial charge on any atom is -0.325 e. The molecule has 1 atom stereocenters. The number of hydrogen-bond acceptors (Lipinski definition) is 3. The van der Waals surface area contributed by atoms with E-state index < -0.39 is 0 Å². The molecule has 0 aliphatic rings. The van der Waals surface area contributed by atoms with Crippen LogP contribution in [0.15, 0.2) is 24.3 Å². The number of carbonyl (C=O) groups is 1. The SMILES string of the molecule is CCNCc1cccc(NC(=O)C(C)SC)c1. The zero-order valence-corrected chi connectivity index (χ0v) is 11.4. The normalized spacial score (nSPS) is 12.2. The van der Waals surface area contributed by atoms with Crippen LogP contribution in [0.4, 0.5) is 5.69 Å². The lowest BCUT2D eigenvalue weighted by atomic mass is 10.2. The Morgan fingerprint density at radius 2 is 2.24 bits per heavy atom. The van der Waals surface area contributed by atoms with Crippen LogP contribution in [-0.4, -0.2) is 24.0 Å². The fraction of sp³-hybridized carbons (Fsp3) is 0.462. The van der Waals surface area contributed by atoms with Crippen molar-refractivity contribution in [1.29, 1.82) is 0 Å². The van der Waals surface area contributed by atoms with Crippen molar-refractivity contribution in [3.8, 4) is 0 Å². The highest BCUT2D eigenvalue weighted by Gasteiger charge is 2.10. The Hall–Kier alpha value is -1.00. The van der Waals surface area contributed by atoms with E-state index in [4.69, 9.17) is 0 Å². The van der Waals surface area contributed by atoms with Crippen LogP contribution in [0.1, 0.15) is 19.4 Å². The monoisotopic (exact) mass is 252 g/mol. The third kappa shape index (κ3) is 4.79. The summed E-state index contributed by atoms with van der Waals surface area (Å²) >= 11 is 1.55. The molecule has 1 unspecified atom stereocenters. The molecule has 0 heterocycles. The van der Waals surface area contributed by atoms with E-state index in [9.17, 15) is 4.79 Å². The molecule has 0 bridgehead atoms. The van der Waals surface area contributed by atoms with E-state index in [-0.39, 0.29) is 11.2 Å². The van der Waals surface area contributed by atoms with Crippen molar-refractivity contribution in [2.45, 2.75) is 25.6 Å². The molecule has 0 radical (unpaired) electrons. The van der Waals surface area contributed by atoms with Gasteiger partial charge in [0.05, 0.1) is 5.25 Å². The first-order chi connectivity index (χ1) is 8.17. The number of benzene rings is 1. The molecular formula is C13H20N2OS. The lowest BCUT2D eigenvalue weighted by Crippen LogP contribution is -2.22. The van der Waals surface area contributed by atoms with Crippen LogP contribution in [0.2, 0.25) is 0 Å². The Bertz CT molecular complexity index is 368. The van der Waals surface area contributed by atoms with E-state index in [1.807, 2.05) is 31.4 Å². The third-order valence-corrected chi connectivity index (χ3v) is 3.42. The molecule has 1 amide bonds. The quantitative estimate of drug-likeness (QED) is 0.817. The first-order valence-corrected chi connectivity index (χ1v) is 7.09. The molecule has 1 aromatic rings. The van der Waals surface area contributed by atoms with Crippen molar-refractivity contribution in [3.05, 3.63) is 29.8 Å². The van der Waals surface area contributed by atoms with Gasteiger partial charge in [0, 0.05) is 12.2 Å². The first-order valence-electron chi connectivity index (χ1n) is 5.80. The van der Waals surface area contributed by atoms with E-state index in [1.165, 1.54) is 5.56 Å². The predicted molar refractivity (Wildman–Crippen MR) is 75.4 cm³/mol. The molecule has 0 saturated heterocycles. The van der Waals surface area contributed by atoms with Crippen LogP contribution >= 0.6 is 11.8 Å². The van der Waals surface area contributed by atoms with E-state index in [0.29, 0.717) is 0 Å².